The standard InChI is InChI=1S/C22H24F2N2O2S2/c1-3-30-25-14-4-5-19(28-15-6-9-22(23,24)10-7-15)17(12-14)18-13-26(2)21(27)20-16(18)8-11-29-20/h4-5,8,11-13,15,25H,3,6-7,9-10H2,1-2H3. The molecule has 0 unspecified atom stereocenters. The molecule has 0 amide bonds. The highest BCUT2D eigenvalue weighted by atomic mass is 32.2. The van der Waals surface area contributed by atoms with Crippen molar-refractivity contribution in [3.63, 3.8) is 0 Å². The molecule has 160 valence electrons. The van der Waals surface area contributed by atoms with Gasteiger partial charge >= 0.3 is 0 Å². The minimum absolute atomic E-state index is 0.0310. The monoisotopic (exact) mass is 450 g/mol. The Hall–Kier alpha value is -2.06. The third-order valence-electron chi connectivity index (χ3n) is 5.35. The highest BCUT2D eigenvalue weighted by molar-refractivity contribution is 8.00. The number of pyridine rings is 1. The molecule has 2 aromatic heterocycles. The third kappa shape index (κ3) is 4.34. The third-order valence-corrected chi connectivity index (χ3v) is 6.93. The SMILES string of the molecule is CCSNc1ccc(OC2CCC(F)(F)CC2)c(-c2cn(C)c(=O)c3sccc23)c1. The first-order valence-electron chi connectivity index (χ1n) is 10.0. The van der Waals surface area contributed by atoms with Crippen LogP contribution in [-0.4, -0.2) is 22.3 Å². The lowest BCUT2D eigenvalue weighted by atomic mass is 9.94. The Labute approximate surface area is 182 Å². The van der Waals surface area contributed by atoms with Gasteiger partial charge in [0.2, 0.25) is 5.92 Å². The molecular formula is C22H24F2N2O2S2. The van der Waals surface area contributed by atoms with Gasteiger partial charge in [0, 0.05) is 54.0 Å². The number of hydrogen-bond donors (Lipinski definition) is 1. The lowest BCUT2D eigenvalue weighted by molar-refractivity contribution is -0.0581. The van der Waals surface area contributed by atoms with Crippen molar-refractivity contribution >= 4 is 39.1 Å². The Morgan fingerprint density at radius 3 is 2.77 bits per heavy atom. The summed E-state index contributed by atoms with van der Waals surface area (Å²) >= 11 is 3.01. The Morgan fingerprint density at radius 2 is 2.03 bits per heavy atom. The summed E-state index contributed by atoms with van der Waals surface area (Å²) in [5.74, 6) is -1.02. The fourth-order valence-corrected chi connectivity index (χ4v) is 5.08. The Kier molecular flexibility index (Phi) is 6.06. The number of aromatic nitrogens is 1. The largest absolute Gasteiger partial charge is 0.490 e. The fourth-order valence-electron chi connectivity index (χ4n) is 3.76. The Bertz CT molecular complexity index is 1100. The molecule has 0 atom stereocenters. The van der Waals surface area contributed by atoms with Gasteiger partial charge in [0.15, 0.2) is 0 Å². The first-order valence-corrected chi connectivity index (χ1v) is 11.9. The second-order valence-electron chi connectivity index (χ2n) is 7.54. The maximum atomic E-state index is 13.6. The molecule has 0 spiro atoms. The van der Waals surface area contributed by atoms with Gasteiger partial charge in [0.1, 0.15) is 10.4 Å². The molecule has 30 heavy (non-hydrogen) atoms. The van der Waals surface area contributed by atoms with Crippen molar-refractivity contribution in [2.75, 3.05) is 10.5 Å². The van der Waals surface area contributed by atoms with E-state index in [0.717, 1.165) is 28.0 Å². The van der Waals surface area contributed by atoms with Crippen molar-refractivity contribution in [3.05, 3.63) is 46.2 Å². The summed E-state index contributed by atoms with van der Waals surface area (Å²) in [7, 11) is 1.74. The number of rotatable bonds is 6. The van der Waals surface area contributed by atoms with Crippen molar-refractivity contribution < 1.29 is 13.5 Å². The number of anilines is 1. The van der Waals surface area contributed by atoms with Gasteiger partial charge in [0.05, 0.1) is 6.10 Å². The van der Waals surface area contributed by atoms with Crippen molar-refractivity contribution in [1.29, 1.82) is 0 Å². The lowest BCUT2D eigenvalue weighted by Crippen LogP contribution is -2.30. The van der Waals surface area contributed by atoms with Crippen LogP contribution in [0.25, 0.3) is 21.2 Å². The highest BCUT2D eigenvalue weighted by Crippen LogP contribution is 2.40. The number of nitrogens with zero attached hydrogens (tertiary/aromatic N) is 1. The van der Waals surface area contributed by atoms with Crippen molar-refractivity contribution in [2.45, 2.75) is 44.6 Å². The number of nitrogens with one attached hydrogen (secondary N) is 1. The van der Waals surface area contributed by atoms with Crippen LogP contribution in [0.3, 0.4) is 0 Å². The number of aryl methyl sites for hydroxylation is 1. The molecule has 4 nitrogen and oxygen atoms in total. The van der Waals surface area contributed by atoms with E-state index in [9.17, 15) is 13.6 Å². The van der Waals surface area contributed by atoms with Gasteiger partial charge in [0.25, 0.3) is 5.56 Å². The molecule has 1 N–H and O–H groups in total. The van der Waals surface area contributed by atoms with Gasteiger partial charge in [-0.1, -0.05) is 18.9 Å². The zero-order valence-corrected chi connectivity index (χ0v) is 18.5. The van der Waals surface area contributed by atoms with Crippen LogP contribution in [0.5, 0.6) is 5.75 Å². The van der Waals surface area contributed by atoms with E-state index in [0.29, 0.717) is 23.3 Å². The molecular weight excluding hydrogens is 426 g/mol. The highest BCUT2D eigenvalue weighted by Gasteiger charge is 2.36. The fraction of sp³-hybridized carbons (Fsp3) is 0.409. The normalized spacial score (nSPS) is 16.7. The predicted octanol–water partition coefficient (Wildman–Crippen LogP) is 6.30. The molecule has 1 aliphatic rings. The van der Waals surface area contributed by atoms with Crippen LogP contribution < -0.4 is 15.0 Å². The van der Waals surface area contributed by atoms with Crippen LogP contribution in [0, 0.1) is 0 Å². The molecule has 0 saturated heterocycles. The smallest absolute Gasteiger partial charge is 0.268 e. The molecule has 1 aliphatic carbocycles. The number of benzene rings is 1. The molecule has 0 radical (unpaired) electrons. The van der Waals surface area contributed by atoms with Crippen LogP contribution in [0.1, 0.15) is 32.6 Å². The molecule has 8 heteroatoms. The summed E-state index contributed by atoms with van der Waals surface area (Å²) in [6.07, 6.45) is 1.96. The summed E-state index contributed by atoms with van der Waals surface area (Å²) in [6.45, 7) is 2.07. The van der Waals surface area contributed by atoms with Crippen LogP contribution in [0.4, 0.5) is 14.5 Å². The molecule has 4 rings (SSSR count). The first-order chi connectivity index (χ1) is 14.4. The number of fused-ring (bicyclic) bond motifs is 1. The average molecular weight is 451 g/mol. The van der Waals surface area contributed by atoms with Gasteiger partial charge in [-0.25, -0.2) is 8.78 Å². The van der Waals surface area contributed by atoms with Gasteiger partial charge in [-0.2, -0.15) is 0 Å². The maximum Gasteiger partial charge on any atom is 0.268 e. The van der Waals surface area contributed by atoms with Gasteiger partial charge in [-0.05, 0) is 42.5 Å². The quantitative estimate of drug-likeness (QED) is 0.447. The minimum Gasteiger partial charge on any atom is -0.490 e. The second kappa shape index (κ2) is 8.59. The molecule has 1 saturated carbocycles. The number of thiophene rings is 1. The van der Waals surface area contributed by atoms with E-state index in [4.69, 9.17) is 4.74 Å². The number of alkyl halides is 2. The lowest BCUT2D eigenvalue weighted by Gasteiger charge is -2.29. The van der Waals surface area contributed by atoms with E-state index in [-0.39, 0.29) is 24.5 Å². The van der Waals surface area contributed by atoms with Crippen LogP contribution >= 0.6 is 23.3 Å². The first kappa shape index (κ1) is 21.2. The number of ether oxygens (including phenoxy) is 1. The molecule has 3 aromatic rings. The van der Waals surface area contributed by atoms with E-state index in [1.807, 2.05) is 35.8 Å². The van der Waals surface area contributed by atoms with Gasteiger partial charge in [-0.3, -0.25) is 4.79 Å². The molecule has 0 bridgehead atoms. The van der Waals surface area contributed by atoms with Crippen molar-refractivity contribution in [3.8, 4) is 16.9 Å². The molecule has 0 aliphatic heterocycles. The van der Waals surface area contributed by atoms with Gasteiger partial charge in [-0.15, -0.1) is 11.3 Å². The molecule has 1 aromatic carbocycles. The number of hydrogen-bond acceptors (Lipinski definition) is 5. The van der Waals surface area contributed by atoms with E-state index >= 15 is 0 Å². The van der Waals surface area contributed by atoms with E-state index in [1.165, 1.54) is 11.3 Å². The second-order valence-corrected chi connectivity index (χ2v) is 9.53. The van der Waals surface area contributed by atoms with Crippen molar-refractivity contribution in [2.24, 2.45) is 7.05 Å². The zero-order chi connectivity index (χ0) is 21.3. The maximum absolute atomic E-state index is 13.6. The summed E-state index contributed by atoms with van der Waals surface area (Å²) in [5.41, 5.74) is 2.65. The summed E-state index contributed by atoms with van der Waals surface area (Å²) in [5, 5.41) is 2.79. The summed E-state index contributed by atoms with van der Waals surface area (Å²) < 4.78 is 38.9. The van der Waals surface area contributed by atoms with Gasteiger partial charge < -0.3 is 14.0 Å². The van der Waals surface area contributed by atoms with Crippen LogP contribution in [0.15, 0.2) is 40.6 Å². The minimum atomic E-state index is -2.59. The predicted molar refractivity (Wildman–Crippen MR) is 122 cm³/mol. The van der Waals surface area contributed by atoms with E-state index in [2.05, 4.69) is 11.6 Å². The van der Waals surface area contributed by atoms with E-state index < -0.39 is 5.92 Å². The average Bonchev–Trinajstić information content (AvgIpc) is 3.22. The summed E-state index contributed by atoms with van der Waals surface area (Å²) in [4.78, 5) is 12.5. The number of halogens is 2. The van der Waals surface area contributed by atoms with Crippen molar-refractivity contribution in [1.82, 2.24) is 4.57 Å². The molecule has 1 fully saturated rings. The van der Waals surface area contributed by atoms with Crippen LogP contribution in [-0.2, 0) is 7.05 Å². The Morgan fingerprint density at radius 1 is 1.27 bits per heavy atom. The van der Waals surface area contributed by atoms with E-state index in [1.54, 1.807) is 23.6 Å². The topological polar surface area (TPSA) is 43.3 Å². The Balaban J connectivity index is 1.76. The summed E-state index contributed by atoms with van der Waals surface area (Å²) in [6, 6.07) is 7.78. The zero-order valence-electron chi connectivity index (χ0n) is 16.9. The molecule has 2 heterocycles. The van der Waals surface area contributed by atoms with Crippen LogP contribution in [0.2, 0.25) is 0 Å².